The molecule has 0 radical (unpaired) electrons. The molecular weight excluding hydrogens is 520 g/mol. The number of nitrogens with zero attached hydrogens (tertiary/aromatic N) is 2. The zero-order valence-corrected chi connectivity index (χ0v) is 21.6. The lowest BCUT2D eigenvalue weighted by Gasteiger charge is -2.40. The highest BCUT2D eigenvalue weighted by Crippen LogP contribution is 2.60. The standard InChI is InChI=1S/C25H31BrN2O7/c1-5-10-27(14-6-8-15(34-4)9-7-14)23(31)21-25-11-16(26)20(35-25)18(24(32)33)19(25)22(30)28(21)17(12-29)13(2)3/h5-9,13,16-21,29H,1,10-12H2,2-4H3,(H,32,33)/t16?,17-,18-,19-,20-,21?,25?/m0/s1. The summed E-state index contributed by atoms with van der Waals surface area (Å²) in [6.45, 7) is 7.30. The SMILES string of the molecule is C=CCN(C(=O)C1N([C@@H](CO)C(C)C)C(=O)[C@@H]2[C@H](C(=O)O)[C@H]3OC12CC3Br)c1ccc(OC)cc1. The normalized spacial score (nSPS) is 32.0. The van der Waals surface area contributed by atoms with Gasteiger partial charge in [-0.15, -0.1) is 6.58 Å². The Labute approximate surface area is 212 Å². The third-order valence-corrected chi connectivity index (χ3v) is 8.37. The number of aliphatic hydroxyl groups is 1. The molecule has 0 aliphatic carbocycles. The third kappa shape index (κ3) is 3.86. The van der Waals surface area contributed by atoms with Gasteiger partial charge >= 0.3 is 5.97 Å². The van der Waals surface area contributed by atoms with E-state index in [-0.39, 0.29) is 23.9 Å². The van der Waals surface area contributed by atoms with Crippen molar-refractivity contribution in [1.29, 1.82) is 0 Å². The van der Waals surface area contributed by atoms with E-state index in [2.05, 4.69) is 22.5 Å². The number of aliphatic carboxylic acids is 1. The molecule has 1 aromatic carbocycles. The number of hydrogen-bond acceptors (Lipinski definition) is 6. The average Bonchev–Trinajstić information content (AvgIpc) is 3.41. The molecule has 190 valence electrons. The van der Waals surface area contributed by atoms with Gasteiger partial charge in [-0.1, -0.05) is 35.9 Å². The van der Waals surface area contributed by atoms with Crippen LogP contribution in [0.3, 0.4) is 0 Å². The molecule has 4 rings (SSSR count). The van der Waals surface area contributed by atoms with Crippen molar-refractivity contribution in [3.05, 3.63) is 36.9 Å². The van der Waals surface area contributed by atoms with E-state index in [0.29, 0.717) is 17.9 Å². The van der Waals surface area contributed by atoms with Gasteiger partial charge in [0.05, 0.1) is 37.7 Å². The van der Waals surface area contributed by atoms with Gasteiger partial charge in [0.15, 0.2) is 0 Å². The molecule has 3 heterocycles. The number of hydrogen-bond donors (Lipinski definition) is 2. The second kappa shape index (κ2) is 9.55. The van der Waals surface area contributed by atoms with Crippen molar-refractivity contribution in [1.82, 2.24) is 4.90 Å². The molecule has 3 aliphatic heterocycles. The molecule has 2 N–H and O–H groups in total. The van der Waals surface area contributed by atoms with Gasteiger partial charge in [0.1, 0.15) is 17.4 Å². The minimum absolute atomic E-state index is 0.166. The maximum Gasteiger partial charge on any atom is 0.310 e. The number of ether oxygens (including phenoxy) is 2. The molecule has 1 aromatic rings. The number of methoxy groups -OCH3 is 1. The van der Waals surface area contributed by atoms with E-state index < -0.39 is 53.4 Å². The van der Waals surface area contributed by atoms with Crippen LogP contribution in [0.1, 0.15) is 20.3 Å². The minimum Gasteiger partial charge on any atom is -0.497 e. The minimum atomic E-state index is -1.32. The largest absolute Gasteiger partial charge is 0.497 e. The summed E-state index contributed by atoms with van der Waals surface area (Å²) in [4.78, 5) is 43.0. The van der Waals surface area contributed by atoms with Gasteiger partial charge in [0.25, 0.3) is 5.91 Å². The van der Waals surface area contributed by atoms with Gasteiger partial charge in [-0.25, -0.2) is 0 Å². The lowest BCUT2D eigenvalue weighted by Crippen LogP contribution is -2.60. The fraction of sp³-hybridized carbons (Fsp3) is 0.560. The first-order chi connectivity index (χ1) is 16.6. The van der Waals surface area contributed by atoms with Crippen molar-refractivity contribution in [3.8, 4) is 5.75 Å². The van der Waals surface area contributed by atoms with Crippen LogP contribution in [-0.2, 0) is 19.1 Å². The third-order valence-electron chi connectivity index (χ3n) is 7.52. The number of aliphatic hydroxyl groups excluding tert-OH is 1. The number of halogens is 1. The molecule has 35 heavy (non-hydrogen) atoms. The Kier molecular flexibility index (Phi) is 7.00. The summed E-state index contributed by atoms with van der Waals surface area (Å²) < 4.78 is 11.5. The van der Waals surface area contributed by atoms with E-state index in [0.717, 1.165) is 0 Å². The van der Waals surface area contributed by atoms with E-state index in [9.17, 15) is 24.6 Å². The first kappa shape index (κ1) is 25.7. The highest BCUT2D eigenvalue weighted by atomic mass is 79.9. The van der Waals surface area contributed by atoms with Crippen molar-refractivity contribution >= 4 is 39.4 Å². The zero-order valence-electron chi connectivity index (χ0n) is 20.0. The van der Waals surface area contributed by atoms with Gasteiger partial charge in [-0.3, -0.25) is 14.4 Å². The predicted octanol–water partition coefficient (Wildman–Crippen LogP) is 2.06. The Morgan fingerprint density at radius 3 is 2.54 bits per heavy atom. The van der Waals surface area contributed by atoms with Crippen LogP contribution in [0.4, 0.5) is 5.69 Å². The second-order valence-corrected chi connectivity index (χ2v) is 10.9. The maximum absolute atomic E-state index is 14.3. The van der Waals surface area contributed by atoms with Crippen LogP contribution >= 0.6 is 15.9 Å². The summed E-state index contributed by atoms with van der Waals surface area (Å²) >= 11 is 3.54. The summed E-state index contributed by atoms with van der Waals surface area (Å²) in [5, 5.41) is 20.2. The van der Waals surface area contributed by atoms with Crippen LogP contribution in [0.15, 0.2) is 36.9 Å². The molecule has 3 unspecified atom stereocenters. The topological polar surface area (TPSA) is 117 Å². The van der Waals surface area contributed by atoms with Crippen molar-refractivity contribution in [2.45, 2.75) is 48.9 Å². The predicted molar refractivity (Wildman–Crippen MR) is 131 cm³/mol. The number of anilines is 1. The van der Waals surface area contributed by atoms with Gasteiger partial charge < -0.3 is 29.5 Å². The van der Waals surface area contributed by atoms with Crippen LogP contribution in [0.25, 0.3) is 0 Å². The van der Waals surface area contributed by atoms with Gasteiger partial charge in [0.2, 0.25) is 5.91 Å². The van der Waals surface area contributed by atoms with E-state index >= 15 is 0 Å². The summed E-state index contributed by atoms with van der Waals surface area (Å²) in [5.41, 5.74) is -0.740. The molecule has 3 saturated heterocycles. The monoisotopic (exact) mass is 550 g/mol. The quantitative estimate of drug-likeness (QED) is 0.357. The van der Waals surface area contributed by atoms with Gasteiger partial charge in [0, 0.05) is 17.1 Å². The fourth-order valence-electron chi connectivity index (χ4n) is 5.97. The molecule has 0 aromatic heterocycles. The maximum atomic E-state index is 14.3. The highest BCUT2D eigenvalue weighted by Gasteiger charge is 2.77. The number of fused-ring (bicyclic) bond motifs is 1. The van der Waals surface area contributed by atoms with Gasteiger partial charge in [-0.05, 0) is 36.6 Å². The number of carbonyl (C=O) groups is 3. The Hall–Kier alpha value is -2.43. The van der Waals surface area contributed by atoms with Crippen LogP contribution in [0, 0.1) is 17.8 Å². The lowest BCUT2D eigenvalue weighted by atomic mass is 9.70. The second-order valence-electron chi connectivity index (χ2n) is 9.68. The van der Waals surface area contributed by atoms with Crippen LogP contribution in [-0.4, -0.2) is 81.8 Å². The van der Waals surface area contributed by atoms with Crippen LogP contribution in [0.5, 0.6) is 5.75 Å². The number of benzene rings is 1. The van der Waals surface area contributed by atoms with E-state index in [1.165, 1.54) is 9.80 Å². The summed E-state index contributed by atoms with van der Waals surface area (Å²) in [5.74, 6) is -3.64. The average molecular weight is 551 g/mol. The van der Waals surface area contributed by atoms with E-state index in [1.807, 2.05) is 13.8 Å². The molecular formula is C25H31BrN2O7. The highest BCUT2D eigenvalue weighted by molar-refractivity contribution is 9.09. The molecule has 1 spiro atoms. The molecule has 7 atom stereocenters. The lowest BCUT2D eigenvalue weighted by molar-refractivity contribution is -0.151. The molecule has 9 nitrogen and oxygen atoms in total. The summed E-state index contributed by atoms with van der Waals surface area (Å²) in [6, 6.07) is 5.16. The summed E-state index contributed by atoms with van der Waals surface area (Å²) in [7, 11) is 1.55. The molecule has 2 amide bonds. The first-order valence-electron chi connectivity index (χ1n) is 11.7. The van der Waals surface area contributed by atoms with Crippen LogP contribution in [0.2, 0.25) is 0 Å². The van der Waals surface area contributed by atoms with Crippen molar-refractivity contribution in [2.24, 2.45) is 17.8 Å². The molecule has 3 fully saturated rings. The first-order valence-corrected chi connectivity index (χ1v) is 12.6. The molecule has 0 saturated carbocycles. The van der Waals surface area contributed by atoms with Crippen molar-refractivity contribution < 1.29 is 34.1 Å². The number of likely N-dealkylation sites (tertiary alicyclic amines) is 1. The van der Waals surface area contributed by atoms with Gasteiger partial charge in [-0.2, -0.15) is 0 Å². The number of carboxylic acids is 1. The number of amides is 2. The van der Waals surface area contributed by atoms with Crippen molar-refractivity contribution in [2.75, 3.05) is 25.2 Å². The Morgan fingerprint density at radius 2 is 2.03 bits per heavy atom. The Morgan fingerprint density at radius 1 is 1.37 bits per heavy atom. The zero-order chi connectivity index (χ0) is 25.7. The molecule has 3 aliphatic rings. The molecule has 10 heteroatoms. The number of rotatable bonds is 9. The number of carbonyl (C=O) groups excluding carboxylic acids is 2. The van der Waals surface area contributed by atoms with Crippen molar-refractivity contribution in [3.63, 3.8) is 0 Å². The smallest absolute Gasteiger partial charge is 0.310 e. The Balaban J connectivity index is 1.84. The van der Waals surface area contributed by atoms with E-state index in [1.54, 1.807) is 37.5 Å². The summed E-state index contributed by atoms with van der Waals surface area (Å²) in [6.07, 6.45) is 1.18. The van der Waals surface area contributed by atoms with Crippen LogP contribution < -0.4 is 9.64 Å². The Bertz CT molecular complexity index is 1020. The van der Waals surface area contributed by atoms with E-state index in [4.69, 9.17) is 9.47 Å². The fourth-order valence-corrected chi connectivity index (χ4v) is 6.91. The molecule has 2 bridgehead atoms. The number of carboxylic acid groups (broad SMARTS) is 1. The number of alkyl halides is 1.